The van der Waals surface area contributed by atoms with Crippen LogP contribution in [0.2, 0.25) is 0 Å². The Morgan fingerprint density at radius 1 is 1.06 bits per heavy atom. The van der Waals surface area contributed by atoms with Crippen LogP contribution < -0.4 is 10.1 Å². The van der Waals surface area contributed by atoms with E-state index in [1.54, 1.807) is 24.3 Å². The quantitative estimate of drug-likeness (QED) is 0.176. The highest BCUT2D eigenvalue weighted by Crippen LogP contribution is 2.30. The van der Waals surface area contributed by atoms with E-state index in [0.29, 0.717) is 16.6 Å². The molecule has 0 fully saturated rings. The number of anilines is 1. The number of pyridine rings is 1. The monoisotopic (exact) mass is 549 g/mol. The minimum atomic E-state index is -1.21. The van der Waals surface area contributed by atoms with Crippen LogP contribution in [-0.2, 0) is 9.53 Å². The normalized spacial score (nSPS) is 11.5. The van der Waals surface area contributed by atoms with Crippen LogP contribution in [-0.4, -0.2) is 35.0 Å². The van der Waals surface area contributed by atoms with Gasteiger partial charge in [-0.25, -0.2) is 9.78 Å². The van der Waals surface area contributed by atoms with Crippen molar-refractivity contribution in [3.8, 4) is 17.0 Å². The van der Waals surface area contributed by atoms with Gasteiger partial charge in [-0.15, -0.1) is 0 Å². The van der Waals surface area contributed by atoms with Gasteiger partial charge in [-0.3, -0.25) is 14.9 Å². The molecular weight excluding hydrogens is 530 g/mol. The van der Waals surface area contributed by atoms with Crippen LogP contribution in [0.1, 0.15) is 17.3 Å². The number of nitrogens with one attached hydrogen (secondary N) is 1. The van der Waals surface area contributed by atoms with Gasteiger partial charge in [0.1, 0.15) is 5.75 Å². The zero-order valence-electron chi connectivity index (χ0n) is 19.2. The molecule has 36 heavy (non-hydrogen) atoms. The van der Waals surface area contributed by atoms with Crippen LogP contribution in [0, 0.1) is 10.1 Å². The molecule has 0 unspecified atom stereocenters. The highest BCUT2D eigenvalue weighted by molar-refractivity contribution is 9.10. The van der Waals surface area contributed by atoms with E-state index < -0.39 is 22.9 Å². The first kappa shape index (κ1) is 24.8. The number of esters is 1. The number of halogens is 1. The number of rotatable bonds is 7. The summed E-state index contributed by atoms with van der Waals surface area (Å²) in [6, 6.07) is 20.1. The van der Waals surface area contributed by atoms with Gasteiger partial charge in [0.15, 0.2) is 6.10 Å². The fourth-order valence-corrected chi connectivity index (χ4v) is 3.96. The van der Waals surface area contributed by atoms with E-state index in [9.17, 15) is 19.7 Å². The van der Waals surface area contributed by atoms with Crippen LogP contribution in [0.4, 0.5) is 11.4 Å². The van der Waals surface area contributed by atoms with Crippen LogP contribution >= 0.6 is 15.9 Å². The second-order valence-electron chi connectivity index (χ2n) is 7.76. The van der Waals surface area contributed by atoms with Crippen molar-refractivity contribution in [2.24, 2.45) is 0 Å². The zero-order chi connectivity index (χ0) is 25.8. The first-order chi connectivity index (χ1) is 17.3. The average Bonchev–Trinajstić information content (AvgIpc) is 2.87. The number of nitrogens with zero attached hydrogens (tertiary/aromatic N) is 2. The summed E-state index contributed by atoms with van der Waals surface area (Å²) in [4.78, 5) is 41.2. The Bertz CT molecular complexity index is 1490. The van der Waals surface area contributed by atoms with Crippen molar-refractivity contribution in [1.29, 1.82) is 0 Å². The molecule has 9 nitrogen and oxygen atoms in total. The first-order valence-corrected chi connectivity index (χ1v) is 11.6. The Morgan fingerprint density at radius 2 is 1.83 bits per heavy atom. The molecule has 0 saturated carbocycles. The van der Waals surface area contributed by atoms with Crippen molar-refractivity contribution in [1.82, 2.24) is 4.98 Å². The molecule has 1 heterocycles. The van der Waals surface area contributed by atoms with Gasteiger partial charge in [0.05, 0.1) is 34.5 Å². The van der Waals surface area contributed by atoms with E-state index in [1.807, 2.05) is 30.3 Å². The van der Waals surface area contributed by atoms with Gasteiger partial charge >= 0.3 is 5.97 Å². The molecule has 4 aromatic rings. The van der Waals surface area contributed by atoms with Gasteiger partial charge in [-0.2, -0.15) is 0 Å². The third kappa shape index (κ3) is 5.33. The van der Waals surface area contributed by atoms with Crippen molar-refractivity contribution in [2.45, 2.75) is 13.0 Å². The summed E-state index contributed by atoms with van der Waals surface area (Å²) in [6.07, 6.45) is -1.21. The summed E-state index contributed by atoms with van der Waals surface area (Å²) < 4.78 is 11.5. The number of hydrogen-bond acceptors (Lipinski definition) is 7. The Kier molecular flexibility index (Phi) is 7.25. The van der Waals surface area contributed by atoms with Crippen LogP contribution in [0.15, 0.2) is 77.3 Å². The minimum Gasteiger partial charge on any atom is -0.495 e. The molecule has 0 aliphatic heterocycles. The van der Waals surface area contributed by atoms with Crippen molar-refractivity contribution in [2.75, 3.05) is 12.4 Å². The van der Waals surface area contributed by atoms with Crippen LogP contribution in [0.3, 0.4) is 0 Å². The van der Waals surface area contributed by atoms with Crippen molar-refractivity contribution in [3.63, 3.8) is 0 Å². The van der Waals surface area contributed by atoms with E-state index in [4.69, 9.17) is 9.47 Å². The number of carbonyl (C=O) groups is 2. The molecule has 0 aliphatic carbocycles. The predicted molar refractivity (Wildman–Crippen MR) is 138 cm³/mol. The predicted octanol–water partition coefficient (Wildman–Crippen LogP) is 5.77. The molecule has 0 bridgehead atoms. The van der Waals surface area contributed by atoms with Gasteiger partial charge in [0.25, 0.3) is 11.6 Å². The molecule has 0 aliphatic rings. The number of nitro groups is 1. The number of fused-ring (bicyclic) bond motifs is 1. The van der Waals surface area contributed by atoms with Crippen molar-refractivity contribution in [3.05, 3.63) is 92.9 Å². The largest absolute Gasteiger partial charge is 0.495 e. The summed E-state index contributed by atoms with van der Waals surface area (Å²) in [5.41, 5.74) is 2.08. The number of amides is 1. The lowest BCUT2D eigenvalue weighted by molar-refractivity contribution is -0.384. The van der Waals surface area contributed by atoms with Gasteiger partial charge < -0.3 is 14.8 Å². The third-order valence-corrected chi connectivity index (χ3v) is 5.85. The molecule has 4 rings (SSSR count). The molecule has 1 N–H and O–H groups in total. The average molecular weight is 550 g/mol. The summed E-state index contributed by atoms with van der Waals surface area (Å²) in [6.45, 7) is 1.41. The molecule has 1 amide bonds. The summed E-state index contributed by atoms with van der Waals surface area (Å²) in [5, 5.41) is 14.2. The third-order valence-electron chi connectivity index (χ3n) is 5.36. The molecule has 0 radical (unpaired) electrons. The molecular formula is C26H20BrN3O6. The number of para-hydroxylation sites is 1. The Balaban J connectivity index is 1.60. The fraction of sp³-hybridized carbons (Fsp3) is 0.115. The lowest BCUT2D eigenvalue weighted by Crippen LogP contribution is -2.30. The maximum absolute atomic E-state index is 13.2. The van der Waals surface area contributed by atoms with Gasteiger partial charge in [0.2, 0.25) is 0 Å². The number of non-ortho nitro benzene ring substituents is 1. The maximum Gasteiger partial charge on any atom is 0.339 e. The molecule has 3 aromatic carbocycles. The molecule has 182 valence electrons. The maximum atomic E-state index is 13.2. The number of hydrogen-bond donors (Lipinski definition) is 1. The highest BCUT2D eigenvalue weighted by atomic mass is 79.9. The van der Waals surface area contributed by atoms with E-state index in [-0.39, 0.29) is 22.7 Å². The second-order valence-corrected chi connectivity index (χ2v) is 8.68. The summed E-state index contributed by atoms with van der Waals surface area (Å²) >= 11 is 3.44. The number of nitro benzene ring substituents is 1. The van der Waals surface area contributed by atoms with E-state index in [0.717, 1.165) is 10.0 Å². The van der Waals surface area contributed by atoms with E-state index in [1.165, 1.54) is 32.2 Å². The second kappa shape index (κ2) is 10.5. The van der Waals surface area contributed by atoms with Crippen LogP contribution in [0.25, 0.3) is 22.2 Å². The van der Waals surface area contributed by atoms with Crippen molar-refractivity contribution < 1.29 is 24.0 Å². The van der Waals surface area contributed by atoms with Gasteiger partial charge in [-0.05, 0) is 37.3 Å². The van der Waals surface area contributed by atoms with E-state index in [2.05, 4.69) is 26.2 Å². The molecule has 10 heteroatoms. The highest BCUT2D eigenvalue weighted by Gasteiger charge is 2.23. The number of carbonyl (C=O) groups excluding carboxylic acids is 2. The lowest BCUT2D eigenvalue weighted by atomic mass is 10.0. The molecule has 1 aromatic heterocycles. The lowest BCUT2D eigenvalue weighted by Gasteiger charge is -2.16. The minimum absolute atomic E-state index is 0.0888. The fourth-order valence-electron chi connectivity index (χ4n) is 3.56. The summed E-state index contributed by atoms with van der Waals surface area (Å²) in [7, 11) is 1.37. The van der Waals surface area contributed by atoms with Crippen molar-refractivity contribution >= 4 is 50.1 Å². The number of benzene rings is 3. The molecule has 1 atom stereocenters. The van der Waals surface area contributed by atoms with Crippen LogP contribution in [0.5, 0.6) is 5.75 Å². The Labute approximate surface area is 214 Å². The molecule has 0 spiro atoms. The number of methoxy groups -OCH3 is 1. The van der Waals surface area contributed by atoms with Gasteiger partial charge in [0, 0.05) is 27.6 Å². The standard InChI is InChI=1S/C26H20BrN3O6/c1-15(25(31)29-23-13-18(30(33)34)10-11-24(23)35-2)36-26(32)20-14-22(16-6-5-7-17(27)12-16)28-21-9-4-3-8-19(20)21/h3-15H,1-2H3,(H,29,31)/t15-/m0/s1. The number of aromatic nitrogens is 1. The Hall–Kier alpha value is -4.31. The van der Waals surface area contributed by atoms with E-state index >= 15 is 0 Å². The Morgan fingerprint density at radius 3 is 2.56 bits per heavy atom. The smallest absolute Gasteiger partial charge is 0.339 e. The SMILES string of the molecule is COc1ccc([N+](=O)[O-])cc1NC(=O)[C@H](C)OC(=O)c1cc(-c2cccc(Br)c2)nc2ccccc12. The zero-order valence-corrected chi connectivity index (χ0v) is 20.8. The van der Waals surface area contributed by atoms with Gasteiger partial charge in [-0.1, -0.05) is 46.3 Å². The summed E-state index contributed by atoms with van der Waals surface area (Å²) in [5.74, 6) is -1.16. The topological polar surface area (TPSA) is 121 Å². The number of ether oxygens (including phenoxy) is 2. The first-order valence-electron chi connectivity index (χ1n) is 10.8. The molecule has 0 saturated heterocycles.